The van der Waals surface area contributed by atoms with Crippen molar-refractivity contribution in [3.8, 4) is 0 Å². The molecule has 0 N–H and O–H groups in total. The monoisotopic (exact) mass is 522 g/mol. The lowest BCUT2D eigenvalue weighted by Gasteiger charge is -2.36. The predicted molar refractivity (Wildman–Crippen MR) is 142 cm³/mol. The second-order valence-electron chi connectivity index (χ2n) is 10.3. The van der Waals surface area contributed by atoms with Gasteiger partial charge < -0.3 is 18.9 Å². The number of fused-ring (bicyclic) bond motifs is 3. The fourth-order valence-electron chi connectivity index (χ4n) is 6.13. The van der Waals surface area contributed by atoms with Crippen molar-refractivity contribution in [3.05, 3.63) is 76.2 Å². The van der Waals surface area contributed by atoms with E-state index in [9.17, 15) is 22.8 Å². The number of nitrogens with zero attached hydrogens (tertiary/aromatic N) is 4. The highest BCUT2D eigenvalue weighted by atomic mass is 19.4. The number of para-hydroxylation sites is 1. The minimum Gasteiger partial charge on any atom is -0.368 e. The van der Waals surface area contributed by atoms with Crippen LogP contribution in [0.25, 0.3) is 21.8 Å². The summed E-state index contributed by atoms with van der Waals surface area (Å²) >= 11 is 0. The Bertz CT molecular complexity index is 1590. The van der Waals surface area contributed by atoms with Crippen molar-refractivity contribution in [1.29, 1.82) is 0 Å². The molecule has 0 unspecified atom stereocenters. The molecule has 1 aliphatic heterocycles. The number of aromatic nitrogens is 2. The van der Waals surface area contributed by atoms with Crippen LogP contribution in [0.1, 0.15) is 47.6 Å². The fraction of sp³-hybridized carbons (Fsp3) is 0.379. The van der Waals surface area contributed by atoms with E-state index in [1.165, 1.54) is 6.07 Å². The van der Waals surface area contributed by atoms with E-state index in [0.29, 0.717) is 48.3 Å². The van der Waals surface area contributed by atoms with Crippen LogP contribution >= 0.6 is 0 Å². The average molecular weight is 523 g/mol. The number of piperazine rings is 1. The number of anilines is 1. The van der Waals surface area contributed by atoms with Gasteiger partial charge in [0, 0.05) is 67.4 Å². The molecule has 38 heavy (non-hydrogen) atoms. The summed E-state index contributed by atoms with van der Waals surface area (Å²) in [7, 11) is 1.87. The van der Waals surface area contributed by atoms with Gasteiger partial charge in [-0.05, 0) is 37.1 Å². The number of carbonyl (C=O) groups is 1. The maximum atomic E-state index is 14.0. The highest BCUT2D eigenvalue weighted by molar-refractivity contribution is 6.17. The van der Waals surface area contributed by atoms with Crippen molar-refractivity contribution >= 4 is 33.4 Å². The van der Waals surface area contributed by atoms with E-state index in [-0.39, 0.29) is 17.5 Å². The Balaban J connectivity index is 1.36. The minimum absolute atomic E-state index is 0.0727. The molecule has 0 atom stereocenters. The summed E-state index contributed by atoms with van der Waals surface area (Å²) in [5, 5.41) is 1.54. The van der Waals surface area contributed by atoms with Gasteiger partial charge in [-0.2, -0.15) is 13.2 Å². The molecule has 0 spiro atoms. The Kier molecular flexibility index (Phi) is 5.96. The Labute approximate surface area is 217 Å². The second-order valence-corrected chi connectivity index (χ2v) is 10.3. The number of pyridine rings is 1. The lowest BCUT2D eigenvalue weighted by Crippen LogP contribution is -2.49. The van der Waals surface area contributed by atoms with Gasteiger partial charge in [0.1, 0.15) is 5.52 Å². The maximum Gasteiger partial charge on any atom is 0.416 e. The zero-order valence-electron chi connectivity index (χ0n) is 21.2. The molecule has 1 saturated heterocycles. The third-order valence-corrected chi connectivity index (χ3v) is 8.14. The molecule has 3 heterocycles. The highest BCUT2D eigenvalue weighted by Gasteiger charge is 2.32. The molecule has 4 aromatic rings. The van der Waals surface area contributed by atoms with E-state index in [0.717, 1.165) is 48.7 Å². The smallest absolute Gasteiger partial charge is 0.368 e. The number of amides is 1. The molecular formula is C29H29F3N4O2. The number of benzene rings is 2. The number of halogens is 3. The molecule has 2 aromatic carbocycles. The van der Waals surface area contributed by atoms with Crippen LogP contribution in [-0.2, 0) is 13.2 Å². The Morgan fingerprint density at radius 3 is 2.37 bits per heavy atom. The molecular weight excluding hydrogens is 493 g/mol. The van der Waals surface area contributed by atoms with Crippen molar-refractivity contribution in [2.24, 2.45) is 7.05 Å². The van der Waals surface area contributed by atoms with Gasteiger partial charge >= 0.3 is 6.18 Å². The molecule has 1 saturated carbocycles. The number of alkyl halides is 3. The summed E-state index contributed by atoms with van der Waals surface area (Å²) in [6.45, 7) is 1.61. The molecule has 6 rings (SSSR count). The molecule has 6 nitrogen and oxygen atoms in total. The Morgan fingerprint density at radius 2 is 1.66 bits per heavy atom. The van der Waals surface area contributed by atoms with Crippen LogP contribution in [0.2, 0.25) is 0 Å². The van der Waals surface area contributed by atoms with E-state index < -0.39 is 11.7 Å². The molecule has 0 bridgehead atoms. The Morgan fingerprint density at radius 1 is 0.947 bits per heavy atom. The van der Waals surface area contributed by atoms with Crippen LogP contribution in [0.5, 0.6) is 0 Å². The molecule has 2 fully saturated rings. The molecule has 1 amide bonds. The van der Waals surface area contributed by atoms with Crippen LogP contribution in [0, 0.1) is 0 Å². The largest absolute Gasteiger partial charge is 0.416 e. The van der Waals surface area contributed by atoms with Crippen LogP contribution in [0.15, 0.2) is 59.5 Å². The maximum absolute atomic E-state index is 14.0. The van der Waals surface area contributed by atoms with Crippen LogP contribution in [0.3, 0.4) is 0 Å². The first-order chi connectivity index (χ1) is 18.2. The summed E-state index contributed by atoms with van der Waals surface area (Å²) < 4.78 is 43.3. The first kappa shape index (κ1) is 24.6. The van der Waals surface area contributed by atoms with Crippen LogP contribution in [0.4, 0.5) is 18.9 Å². The zero-order valence-corrected chi connectivity index (χ0v) is 21.2. The van der Waals surface area contributed by atoms with Gasteiger partial charge in [-0.3, -0.25) is 9.59 Å². The number of aryl methyl sites for hydroxylation is 1. The SMILES string of the molecule is Cn1c2ccccc2c2c(C(=O)N3CCN(c4cccc(C(F)(F)F)c4)CC3)cn(C3CCCC3)c(=O)c21. The second kappa shape index (κ2) is 9.22. The number of rotatable bonds is 3. The van der Waals surface area contributed by atoms with E-state index in [4.69, 9.17) is 0 Å². The summed E-state index contributed by atoms with van der Waals surface area (Å²) in [6, 6.07) is 13.1. The van der Waals surface area contributed by atoms with Gasteiger partial charge in [-0.1, -0.05) is 37.1 Å². The predicted octanol–water partition coefficient (Wildman–Crippen LogP) is 5.59. The van der Waals surface area contributed by atoms with Gasteiger partial charge in [-0.25, -0.2) is 0 Å². The molecule has 0 radical (unpaired) electrons. The van der Waals surface area contributed by atoms with E-state index in [1.54, 1.807) is 21.7 Å². The van der Waals surface area contributed by atoms with E-state index >= 15 is 0 Å². The summed E-state index contributed by atoms with van der Waals surface area (Å²) in [5.74, 6) is -0.151. The number of hydrogen-bond acceptors (Lipinski definition) is 3. The van der Waals surface area contributed by atoms with Crippen molar-refractivity contribution in [2.45, 2.75) is 37.9 Å². The third kappa shape index (κ3) is 4.04. The molecule has 9 heteroatoms. The first-order valence-electron chi connectivity index (χ1n) is 13.1. The minimum atomic E-state index is -4.40. The Hall–Kier alpha value is -3.75. The van der Waals surface area contributed by atoms with Crippen molar-refractivity contribution in [3.63, 3.8) is 0 Å². The summed E-state index contributed by atoms with van der Waals surface area (Å²) in [6.07, 6.45) is 1.31. The van der Waals surface area contributed by atoms with Crippen molar-refractivity contribution in [1.82, 2.24) is 14.0 Å². The van der Waals surface area contributed by atoms with Crippen molar-refractivity contribution in [2.75, 3.05) is 31.1 Å². The van der Waals surface area contributed by atoms with Gasteiger partial charge in [0.2, 0.25) is 0 Å². The standard InChI is InChI=1S/C29H29F3N4O2/c1-33-24-12-5-4-11-22(24)25-23(18-36(28(38)26(25)33)20-8-2-3-9-20)27(37)35-15-13-34(14-16-35)21-10-6-7-19(17-21)29(30,31)32/h4-7,10-12,17-18,20H,2-3,8-9,13-16H2,1H3. The van der Waals surface area contributed by atoms with Crippen molar-refractivity contribution < 1.29 is 18.0 Å². The molecule has 1 aliphatic carbocycles. The average Bonchev–Trinajstić information content (AvgIpc) is 3.56. The fourth-order valence-corrected chi connectivity index (χ4v) is 6.13. The third-order valence-electron chi connectivity index (χ3n) is 8.14. The van der Waals surface area contributed by atoms with Crippen LogP contribution in [-0.4, -0.2) is 46.1 Å². The van der Waals surface area contributed by atoms with Gasteiger partial charge in [0.15, 0.2) is 0 Å². The van der Waals surface area contributed by atoms with Gasteiger partial charge in [0.05, 0.1) is 11.1 Å². The van der Waals surface area contributed by atoms with E-state index in [2.05, 4.69) is 0 Å². The topological polar surface area (TPSA) is 50.5 Å². The normalized spacial score (nSPS) is 17.2. The first-order valence-corrected chi connectivity index (χ1v) is 13.1. The molecule has 2 aliphatic rings. The zero-order chi connectivity index (χ0) is 26.6. The van der Waals surface area contributed by atoms with Gasteiger partial charge in [0.25, 0.3) is 11.5 Å². The molecule has 2 aromatic heterocycles. The molecule has 198 valence electrons. The van der Waals surface area contributed by atoms with Gasteiger partial charge in [-0.15, -0.1) is 0 Å². The lowest BCUT2D eigenvalue weighted by molar-refractivity contribution is -0.137. The summed E-state index contributed by atoms with van der Waals surface area (Å²) in [5.41, 5.74) is 1.69. The summed E-state index contributed by atoms with van der Waals surface area (Å²) in [4.78, 5) is 31.3. The number of hydrogen-bond donors (Lipinski definition) is 0. The highest BCUT2D eigenvalue weighted by Crippen LogP contribution is 2.34. The van der Waals surface area contributed by atoms with E-state index in [1.807, 2.05) is 40.8 Å². The lowest BCUT2D eigenvalue weighted by atomic mass is 10.1. The quantitative estimate of drug-likeness (QED) is 0.353. The van der Waals surface area contributed by atoms with Crippen LogP contribution < -0.4 is 10.5 Å². The number of carbonyl (C=O) groups excluding carboxylic acids is 1.